The molecule has 1 aliphatic carbocycles. The lowest BCUT2D eigenvalue weighted by Crippen LogP contribution is -2.41. The maximum Gasteiger partial charge on any atom is 0.225 e. The molecule has 0 spiro atoms. The molecule has 1 aromatic carbocycles. The van der Waals surface area contributed by atoms with Gasteiger partial charge in [-0.25, -0.2) is 9.97 Å². The quantitative estimate of drug-likeness (QED) is 0.391. The number of imidazole rings is 1. The second-order valence-electron chi connectivity index (χ2n) is 11.3. The van der Waals surface area contributed by atoms with E-state index in [2.05, 4.69) is 32.0 Å². The van der Waals surface area contributed by atoms with E-state index in [9.17, 15) is 4.79 Å². The summed E-state index contributed by atoms with van der Waals surface area (Å²) in [7, 11) is 0. The minimum Gasteiger partial charge on any atom is -0.378 e. The van der Waals surface area contributed by atoms with Crippen molar-refractivity contribution < 1.29 is 9.53 Å². The highest BCUT2D eigenvalue weighted by Gasteiger charge is 2.32. The van der Waals surface area contributed by atoms with Crippen LogP contribution in [0, 0.1) is 5.92 Å². The number of aromatic nitrogens is 4. The van der Waals surface area contributed by atoms with Gasteiger partial charge in [0.1, 0.15) is 5.52 Å². The fourth-order valence-electron chi connectivity index (χ4n) is 6.35. The average Bonchev–Trinajstić information content (AvgIpc) is 3.30. The minimum atomic E-state index is 0.112. The number of carbonyl (C=O) groups is 1. The Morgan fingerprint density at radius 2 is 1.90 bits per heavy atom. The number of hydrogen-bond acceptors (Lipinski definition) is 7. The summed E-state index contributed by atoms with van der Waals surface area (Å²) in [5, 5.41) is 7.67. The van der Waals surface area contributed by atoms with Gasteiger partial charge in [0.2, 0.25) is 17.8 Å². The molecule has 39 heavy (non-hydrogen) atoms. The third kappa shape index (κ3) is 5.99. The van der Waals surface area contributed by atoms with Crippen molar-refractivity contribution in [2.75, 3.05) is 30.3 Å². The van der Waals surface area contributed by atoms with Crippen LogP contribution >= 0.6 is 11.6 Å². The maximum atomic E-state index is 13.2. The number of benzene rings is 1. The van der Waals surface area contributed by atoms with Crippen LogP contribution in [0.3, 0.4) is 0 Å². The van der Waals surface area contributed by atoms with Crippen molar-refractivity contribution in [2.45, 2.75) is 82.9 Å². The number of fused-ring (bicyclic) bond motifs is 1. The molecular weight excluding hydrogens is 514 g/mol. The summed E-state index contributed by atoms with van der Waals surface area (Å²) < 4.78 is 7.93. The Labute approximate surface area is 234 Å². The van der Waals surface area contributed by atoms with Gasteiger partial charge in [-0.3, -0.25) is 9.36 Å². The standard InChI is InChI=1S/C29H38ClN7O2/c1-19-16-23(12-15-39-19)32-28-31-18-25-26(35-28)37(29(34-25)33-22-7-5-6-21(30)17-22)24-10-8-20(9-11-24)27(38)36-13-3-2-4-14-36/h5-7,17-20,23-24H,2-4,8-16H2,1H3,(H,33,34)(H,31,32,35). The first kappa shape index (κ1) is 26.3. The Balaban J connectivity index is 1.26. The number of anilines is 3. The van der Waals surface area contributed by atoms with E-state index in [0.29, 0.717) is 16.9 Å². The van der Waals surface area contributed by atoms with Crippen LogP contribution in [0.2, 0.25) is 5.02 Å². The Hall–Kier alpha value is -2.91. The van der Waals surface area contributed by atoms with E-state index >= 15 is 0 Å². The number of halogens is 1. The minimum absolute atomic E-state index is 0.112. The van der Waals surface area contributed by atoms with Crippen molar-refractivity contribution in [3.63, 3.8) is 0 Å². The normalized spacial score (nSPS) is 25.9. The molecule has 6 rings (SSSR count). The van der Waals surface area contributed by atoms with Gasteiger partial charge in [-0.2, -0.15) is 4.98 Å². The first-order valence-electron chi connectivity index (χ1n) is 14.5. The number of nitrogens with one attached hydrogen (secondary N) is 2. The van der Waals surface area contributed by atoms with Gasteiger partial charge in [-0.1, -0.05) is 17.7 Å². The lowest BCUT2D eigenvalue weighted by atomic mass is 9.84. The lowest BCUT2D eigenvalue weighted by Gasteiger charge is -2.34. The molecule has 3 fully saturated rings. The topological polar surface area (TPSA) is 97.2 Å². The molecular formula is C29H38ClN7O2. The van der Waals surface area contributed by atoms with Crippen LogP contribution in [0.15, 0.2) is 30.5 Å². The zero-order valence-electron chi connectivity index (χ0n) is 22.6. The van der Waals surface area contributed by atoms with Gasteiger partial charge in [0.05, 0.1) is 12.3 Å². The van der Waals surface area contributed by atoms with Gasteiger partial charge in [0.15, 0.2) is 5.65 Å². The number of rotatable bonds is 6. The highest BCUT2D eigenvalue weighted by atomic mass is 35.5. The van der Waals surface area contributed by atoms with Gasteiger partial charge in [0, 0.05) is 48.4 Å². The largest absolute Gasteiger partial charge is 0.378 e. The first-order chi connectivity index (χ1) is 19.0. The van der Waals surface area contributed by atoms with Gasteiger partial charge >= 0.3 is 0 Å². The fraction of sp³-hybridized carbons (Fsp3) is 0.586. The van der Waals surface area contributed by atoms with Gasteiger partial charge in [-0.05, 0) is 82.9 Å². The summed E-state index contributed by atoms with van der Waals surface area (Å²) in [4.78, 5) is 29.8. The number of nitrogens with zero attached hydrogens (tertiary/aromatic N) is 5. The van der Waals surface area contributed by atoms with Crippen LogP contribution in [0.1, 0.15) is 70.8 Å². The molecule has 2 aromatic heterocycles. The van der Waals surface area contributed by atoms with E-state index < -0.39 is 0 Å². The van der Waals surface area contributed by atoms with Crippen LogP contribution in [-0.4, -0.2) is 62.2 Å². The fourth-order valence-corrected chi connectivity index (χ4v) is 6.55. The summed E-state index contributed by atoms with van der Waals surface area (Å²) in [5.74, 6) is 1.80. The number of piperidine rings is 1. The molecule has 10 heteroatoms. The van der Waals surface area contributed by atoms with Crippen LogP contribution in [0.4, 0.5) is 17.6 Å². The predicted molar refractivity (Wildman–Crippen MR) is 154 cm³/mol. The van der Waals surface area contributed by atoms with Crippen LogP contribution in [0.25, 0.3) is 11.2 Å². The van der Waals surface area contributed by atoms with Gasteiger partial charge in [0.25, 0.3) is 0 Å². The summed E-state index contributed by atoms with van der Waals surface area (Å²) in [6, 6.07) is 8.12. The molecule has 1 saturated carbocycles. The molecule has 0 radical (unpaired) electrons. The van der Waals surface area contributed by atoms with Crippen molar-refractivity contribution in [1.82, 2.24) is 24.4 Å². The van der Waals surface area contributed by atoms with Crippen molar-refractivity contribution >= 4 is 46.3 Å². The first-order valence-corrected chi connectivity index (χ1v) is 14.9. The van der Waals surface area contributed by atoms with Crippen LogP contribution < -0.4 is 10.6 Å². The molecule has 2 atom stereocenters. The second kappa shape index (κ2) is 11.7. The molecule has 2 aliphatic heterocycles. The molecule has 2 unspecified atom stereocenters. The summed E-state index contributed by atoms with van der Waals surface area (Å²) in [5.41, 5.74) is 2.43. The molecule has 208 valence electrons. The highest BCUT2D eigenvalue weighted by molar-refractivity contribution is 6.30. The molecule has 2 saturated heterocycles. The third-order valence-electron chi connectivity index (χ3n) is 8.41. The van der Waals surface area contributed by atoms with E-state index in [0.717, 1.165) is 93.9 Å². The zero-order valence-corrected chi connectivity index (χ0v) is 23.4. The number of ether oxygens (including phenoxy) is 1. The summed E-state index contributed by atoms with van der Waals surface area (Å²) in [6.45, 7) is 4.67. The van der Waals surface area contributed by atoms with Gasteiger partial charge < -0.3 is 20.3 Å². The Bertz CT molecular complexity index is 1300. The van der Waals surface area contributed by atoms with Crippen molar-refractivity contribution in [2.24, 2.45) is 5.92 Å². The van der Waals surface area contributed by atoms with E-state index in [-0.39, 0.29) is 24.1 Å². The van der Waals surface area contributed by atoms with Crippen molar-refractivity contribution in [3.8, 4) is 0 Å². The van der Waals surface area contributed by atoms with Crippen LogP contribution in [-0.2, 0) is 9.53 Å². The predicted octanol–water partition coefficient (Wildman–Crippen LogP) is 5.95. The maximum absolute atomic E-state index is 13.2. The van der Waals surface area contributed by atoms with Crippen LogP contribution in [0.5, 0.6) is 0 Å². The molecule has 0 bridgehead atoms. The Morgan fingerprint density at radius 3 is 2.67 bits per heavy atom. The zero-order chi connectivity index (χ0) is 26.8. The molecule has 3 aliphatic rings. The van der Waals surface area contributed by atoms with E-state index in [4.69, 9.17) is 26.3 Å². The SMILES string of the molecule is CC1CC(Nc2ncc3nc(Nc4cccc(Cl)c4)n(C4CCC(C(=O)N5CCCCC5)CC4)c3n2)CCO1. The Morgan fingerprint density at radius 1 is 1.08 bits per heavy atom. The summed E-state index contributed by atoms with van der Waals surface area (Å²) in [6.07, 6.45) is 11.0. The van der Waals surface area contributed by atoms with Crippen molar-refractivity contribution in [3.05, 3.63) is 35.5 Å². The Kier molecular flexibility index (Phi) is 7.88. The van der Waals surface area contributed by atoms with Crippen molar-refractivity contribution in [1.29, 1.82) is 0 Å². The molecule has 2 N–H and O–H groups in total. The number of amides is 1. The van der Waals surface area contributed by atoms with E-state index in [1.165, 1.54) is 6.42 Å². The smallest absolute Gasteiger partial charge is 0.225 e. The lowest BCUT2D eigenvalue weighted by molar-refractivity contribution is -0.137. The van der Waals surface area contributed by atoms with Gasteiger partial charge in [-0.15, -0.1) is 0 Å². The highest BCUT2D eigenvalue weighted by Crippen LogP contribution is 2.38. The number of hydrogen-bond donors (Lipinski definition) is 2. The summed E-state index contributed by atoms with van der Waals surface area (Å²) >= 11 is 6.27. The third-order valence-corrected chi connectivity index (χ3v) is 8.65. The average molecular weight is 552 g/mol. The molecule has 9 nitrogen and oxygen atoms in total. The molecule has 1 amide bonds. The van der Waals surface area contributed by atoms with E-state index in [1.807, 2.05) is 24.3 Å². The van der Waals surface area contributed by atoms with E-state index in [1.54, 1.807) is 6.20 Å². The monoisotopic (exact) mass is 551 g/mol. The second-order valence-corrected chi connectivity index (χ2v) is 11.7. The molecule has 3 aromatic rings. The number of carbonyl (C=O) groups excluding carboxylic acids is 1. The number of likely N-dealkylation sites (tertiary alicyclic amines) is 1. The molecule has 4 heterocycles.